The maximum Gasteiger partial charge on any atom is 0.224 e. The Balaban J connectivity index is 1.42. The van der Waals surface area contributed by atoms with Crippen LogP contribution in [0.2, 0.25) is 0 Å². The summed E-state index contributed by atoms with van der Waals surface area (Å²) in [4.78, 5) is 11.9. The van der Waals surface area contributed by atoms with E-state index in [4.69, 9.17) is 4.74 Å². The minimum atomic E-state index is -0.0400. The van der Waals surface area contributed by atoms with Crippen LogP contribution in [-0.4, -0.2) is 32.7 Å². The number of anilines is 1. The fourth-order valence-electron chi connectivity index (χ4n) is 2.14. The van der Waals surface area contributed by atoms with Crippen LogP contribution in [0, 0.1) is 0 Å². The lowest BCUT2D eigenvalue weighted by atomic mass is 10.2. The molecule has 1 N–H and O–H groups in total. The van der Waals surface area contributed by atoms with Crippen LogP contribution in [-0.2, 0) is 4.79 Å². The Morgan fingerprint density at radius 3 is 2.58 bits per heavy atom. The minimum absolute atomic E-state index is 0.0400. The summed E-state index contributed by atoms with van der Waals surface area (Å²) in [7, 11) is 0. The van der Waals surface area contributed by atoms with E-state index in [1.165, 1.54) is 6.33 Å². The van der Waals surface area contributed by atoms with Crippen LogP contribution < -0.4 is 10.1 Å². The molecule has 0 aliphatic carbocycles. The molecule has 0 saturated heterocycles. The average molecular weight is 323 g/mol. The normalized spacial score (nSPS) is 10.3. The molecule has 0 spiro atoms. The summed E-state index contributed by atoms with van der Waals surface area (Å²) in [6, 6.07) is 16.9. The van der Waals surface area contributed by atoms with Gasteiger partial charge in [0.1, 0.15) is 12.1 Å². The summed E-state index contributed by atoms with van der Waals surface area (Å²) < 4.78 is 7.11. The van der Waals surface area contributed by atoms with E-state index < -0.39 is 0 Å². The van der Waals surface area contributed by atoms with Crippen molar-refractivity contribution in [2.24, 2.45) is 0 Å². The number of carbonyl (C=O) groups is 1. The topological polar surface area (TPSA) is 81.9 Å². The molecule has 0 bridgehead atoms. The molecule has 0 radical (unpaired) electrons. The lowest BCUT2D eigenvalue weighted by molar-refractivity contribution is -0.116. The zero-order chi connectivity index (χ0) is 16.6. The number of hydrogen-bond donors (Lipinski definition) is 1. The second kappa shape index (κ2) is 7.87. The largest absolute Gasteiger partial charge is 0.494 e. The van der Waals surface area contributed by atoms with E-state index in [9.17, 15) is 4.79 Å². The fourth-order valence-corrected chi connectivity index (χ4v) is 2.14. The highest BCUT2D eigenvalue weighted by Crippen LogP contribution is 2.13. The van der Waals surface area contributed by atoms with E-state index in [1.807, 2.05) is 54.6 Å². The predicted octanol–water partition coefficient (Wildman–Crippen LogP) is 2.46. The van der Waals surface area contributed by atoms with Crippen molar-refractivity contribution in [1.82, 2.24) is 20.2 Å². The predicted molar refractivity (Wildman–Crippen MR) is 89.0 cm³/mol. The van der Waals surface area contributed by atoms with E-state index in [2.05, 4.69) is 20.8 Å². The Bertz CT molecular complexity index is 757. The van der Waals surface area contributed by atoms with Crippen LogP contribution >= 0.6 is 0 Å². The first kappa shape index (κ1) is 15.7. The van der Waals surface area contributed by atoms with E-state index >= 15 is 0 Å². The number of benzene rings is 2. The van der Waals surface area contributed by atoms with Crippen molar-refractivity contribution in [3.8, 4) is 11.4 Å². The Morgan fingerprint density at radius 2 is 1.88 bits per heavy atom. The molecule has 1 aromatic heterocycles. The molecule has 3 aromatic rings. The molecule has 0 aliphatic heterocycles. The Kier molecular flexibility index (Phi) is 5.14. The van der Waals surface area contributed by atoms with Gasteiger partial charge >= 0.3 is 0 Å². The molecule has 24 heavy (non-hydrogen) atoms. The van der Waals surface area contributed by atoms with Gasteiger partial charge in [0.25, 0.3) is 0 Å². The van der Waals surface area contributed by atoms with Gasteiger partial charge < -0.3 is 10.1 Å². The Morgan fingerprint density at radius 1 is 1.08 bits per heavy atom. The zero-order valence-corrected chi connectivity index (χ0v) is 13.0. The Labute approximate surface area is 139 Å². The molecule has 0 saturated carbocycles. The van der Waals surface area contributed by atoms with E-state index in [-0.39, 0.29) is 5.91 Å². The van der Waals surface area contributed by atoms with Crippen molar-refractivity contribution in [2.75, 3.05) is 11.9 Å². The number of ether oxygens (including phenoxy) is 1. The third-order valence-corrected chi connectivity index (χ3v) is 3.32. The molecule has 7 nitrogen and oxygen atoms in total. The molecule has 0 atom stereocenters. The fraction of sp³-hybridized carbons (Fsp3) is 0.176. The van der Waals surface area contributed by atoms with Crippen molar-refractivity contribution in [2.45, 2.75) is 12.8 Å². The van der Waals surface area contributed by atoms with Gasteiger partial charge in [0.15, 0.2) is 0 Å². The third kappa shape index (κ3) is 4.39. The average Bonchev–Trinajstić information content (AvgIpc) is 3.15. The standard InChI is InChI=1S/C17H17N5O2/c23-17(7-4-12-24-16-5-2-1-3-6-16)19-14-8-10-15(11-9-14)22-13-18-20-21-22/h1-3,5-6,8-11,13H,4,7,12H2,(H,19,23). The summed E-state index contributed by atoms with van der Waals surface area (Å²) in [5.74, 6) is 0.776. The van der Waals surface area contributed by atoms with Crippen LogP contribution in [0.15, 0.2) is 60.9 Å². The van der Waals surface area contributed by atoms with Gasteiger partial charge in [0, 0.05) is 12.1 Å². The van der Waals surface area contributed by atoms with E-state index in [1.54, 1.807) is 4.68 Å². The SMILES string of the molecule is O=C(CCCOc1ccccc1)Nc1ccc(-n2cnnn2)cc1. The van der Waals surface area contributed by atoms with Gasteiger partial charge in [-0.05, 0) is 53.2 Å². The van der Waals surface area contributed by atoms with E-state index in [0.29, 0.717) is 19.4 Å². The highest BCUT2D eigenvalue weighted by atomic mass is 16.5. The van der Waals surface area contributed by atoms with Gasteiger partial charge in [0.05, 0.1) is 12.3 Å². The van der Waals surface area contributed by atoms with Crippen molar-refractivity contribution in [1.29, 1.82) is 0 Å². The van der Waals surface area contributed by atoms with Gasteiger partial charge in [0.2, 0.25) is 5.91 Å². The maximum absolute atomic E-state index is 11.9. The summed E-state index contributed by atoms with van der Waals surface area (Å²) >= 11 is 0. The number of tetrazole rings is 1. The number of aromatic nitrogens is 4. The second-order valence-electron chi connectivity index (χ2n) is 5.11. The second-order valence-corrected chi connectivity index (χ2v) is 5.11. The van der Waals surface area contributed by atoms with E-state index in [0.717, 1.165) is 17.1 Å². The number of hydrogen-bond acceptors (Lipinski definition) is 5. The molecule has 1 amide bonds. The van der Waals surface area contributed by atoms with Gasteiger partial charge in [-0.1, -0.05) is 18.2 Å². The van der Waals surface area contributed by atoms with Crippen molar-refractivity contribution in [3.05, 3.63) is 60.9 Å². The monoisotopic (exact) mass is 323 g/mol. The molecule has 0 unspecified atom stereocenters. The number of carbonyl (C=O) groups excluding carboxylic acids is 1. The lowest BCUT2D eigenvalue weighted by Gasteiger charge is -2.07. The first-order chi connectivity index (χ1) is 11.8. The molecular formula is C17H17N5O2. The summed E-state index contributed by atoms with van der Waals surface area (Å²) in [6.45, 7) is 0.510. The van der Waals surface area contributed by atoms with Gasteiger partial charge in [-0.25, -0.2) is 4.68 Å². The summed E-state index contributed by atoms with van der Waals surface area (Å²) in [5.41, 5.74) is 1.56. The maximum atomic E-state index is 11.9. The third-order valence-electron chi connectivity index (χ3n) is 3.32. The first-order valence-corrected chi connectivity index (χ1v) is 7.62. The zero-order valence-electron chi connectivity index (χ0n) is 13.0. The number of nitrogens with one attached hydrogen (secondary N) is 1. The molecule has 2 aromatic carbocycles. The van der Waals surface area contributed by atoms with Crippen LogP contribution in [0.1, 0.15) is 12.8 Å². The van der Waals surface area contributed by atoms with Crippen LogP contribution in [0.3, 0.4) is 0 Å². The smallest absolute Gasteiger partial charge is 0.224 e. The van der Waals surface area contributed by atoms with Crippen LogP contribution in [0.4, 0.5) is 5.69 Å². The summed E-state index contributed by atoms with van der Waals surface area (Å²) in [5, 5.41) is 13.8. The number of amides is 1. The highest BCUT2D eigenvalue weighted by molar-refractivity contribution is 5.90. The number of nitrogens with zero attached hydrogens (tertiary/aromatic N) is 4. The molecule has 7 heteroatoms. The molecule has 3 rings (SSSR count). The minimum Gasteiger partial charge on any atom is -0.494 e. The summed E-state index contributed by atoms with van der Waals surface area (Å²) in [6.07, 6.45) is 2.57. The molecule has 122 valence electrons. The van der Waals surface area contributed by atoms with Gasteiger partial charge in [-0.15, -0.1) is 5.10 Å². The van der Waals surface area contributed by atoms with Crippen LogP contribution in [0.5, 0.6) is 5.75 Å². The quantitative estimate of drug-likeness (QED) is 0.675. The molecule has 0 aliphatic rings. The lowest BCUT2D eigenvalue weighted by Crippen LogP contribution is -2.12. The number of rotatable bonds is 7. The van der Waals surface area contributed by atoms with Crippen molar-refractivity contribution in [3.63, 3.8) is 0 Å². The van der Waals surface area contributed by atoms with Crippen LogP contribution in [0.25, 0.3) is 5.69 Å². The van der Waals surface area contributed by atoms with Gasteiger partial charge in [-0.3, -0.25) is 4.79 Å². The Hall–Kier alpha value is -3.22. The molecule has 1 heterocycles. The number of para-hydroxylation sites is 1. The highest BCUT2D eigenvalue weighted by Gasteiger charge is 2.04. The van der Waals surface area contributed by atoms with Crippen molar-refractivity contribution < 1.29 is 9.53 Å². The van der Waals surface area contributed by atoms with Crippen molar-refractivity contribution >= 4 is 11.6 Å². The molecule has 0 fully saturated rings. The van der Waals surface area contributed by atoms with Gasteiger partial charge in [-0.2, -0.15) is 0 Å². The molecular weight excluding hydrogens is 306 g/mol. The first-order valence-electron chi connectivity index (χ1n) is 7.62.